The maximum Gasteiger partial charge on any atom is 1.00 e. The van der Waals surface area contributed by atoms with Crippen LogP contribution < -0.4 is 51.4 Å². The number of unbranched alkanes of at least 4 members (excludes halogenated alkanes) is 8. The second-order valence-corrected chi connectivity index (χ2v) is 6.99. The molecule has 0 rings (SSSR count). The summed E-state index contributed by atoms with van der Waals surface area (Å²) < 4.78 is 36.2. The Morgan fingerprint density at radius 3 is 2.13 bits per heavy atom. The zero-order chi connectivity index (χ0) is 16.7. The van der Waals surface area contributed by atoms with Crippen LogP contribution in [0.15, 0.2) is 12.2 Å². The minimum atomic E-state index is -4.58. The molecule has 0 amide bonds. The first-order chi connectivity index (χ1) is 10.5. The van der Waals surface area contributed by atoms with Crippen molar-refractivity contribution in [3.8, 4) is 0 Å². The molecule has 0 radical (unpaired) electrons. The largest absolute Gasteiger partial charge is 1.00 e. The molecular formula is C17H33KO4S. The second kappa shape index (κ2) is 18.0. The Kier molecular flexibility index (Phi) is 20.8. The van der Waals surface area contributed by atoms with Gasteiger partial charge in [0.2, 0.25) is 10.4 Å². The van der Waals surface area contributed by atoms with Crippen LogP contribution in [0.5, 0.6) is 0 Å². The van der Waals surface area contributed by atoms with E-state index in [1.165, 1.54) is 38.5 Å². The number of hydrogen-bond donors (Lipinski definition) is 0. The third-order valence-corrected chi connectivity index (χ3v) is 4.16. The molecule has 6 heteroatoms. The van der Waals surface area contributed by atoms with Crippen LogP contribution in [0.4, 0.5) is 0 Å². The fourth-order valence-corrected chi connectivity index (χ4v) is 2.74. The summed E-state index contributed by atoms with van der Waals surface area (Å²) in [5, 5.41) is 0. The molecule has 0 aromatic carbocycles. The summed E-state index contributed by atoms with van der Waals surface area (Å²) >= 11 is 0. The quantitative estimate of drug-likeness (QED) is 0.145. The molecule has 23 heavy (non-hydrogen) atoms. The van der Waals surface area contributed by atoms with Gasteiger partial charge < -0.3 is 4.55 Å². The van der Waals surface area contributed by atoms with Gasteiger partial charge in [-0.3, -0.25) is 4.18 Å². The van der Waals surface area contributed by atoms with E-state index in [1.807, 2.05) is 6.08 Å². The Morgan fingerprint density at radius 1 is 0.957 bits per heavy atom. The zero-order valence-corrected chi connectivity index (χ0v) is 19.2. The summed E-state index contributed by atoms with van der Waals surface area (Å²) in [4.78, 5) is 0. The molecule has 0 fully saturated rings. The Bertz CT molecular complexity index is 369. The molecule has 0 saturated heterocycles. The summed E-state index contributed by atoms with van der Waals surface area (Å²) in [6.45, 7) is 4.34. The molecule has 0 heterocycles. The molecule has 0 aliphatic rings. The third kappa shape index (κ3) is 21.2. The van der Waals surface area contributed by atoms with Gasteiger partial charge in [-0.2, -0.15) is 0 Å². The topological polar surface area (TPSA) is 66.4 Å². The maximum atomic E-state index is 10.6. The zero-order valence-electron chi connectivity index (χ0n) is 15.3. The van der Waals surface area contributed by atoms with Gasteiger partial charge in [0.1, 0.15) is 0 Å². The molecular weight excluding hydrogens is 339 g/mol. The van der Waals surface area contributed by atoms with Crippen molar-refractivity contribution in [2.75, 3.05) is 6.61 Å². The SMILES string of the molecule is CCCCC/C=C/C(CCCCCCCC)COS(=O)(=O)[O-].[K+]. The molecule has 0 aliphatic carbocycles. The molecule has 0 N–H and O–H groups in total. The van der Waals surface area contributed by atoms with Gasteiger partial charge in [-0.1, -0.05) is 77.4 Å². The van der Waals surface area contributed by atoms with Crippen molar-refractivity contribution in [3.05, 3.63) is 12.2 Å². The van der Waals surface area contributed by atoms with Gasteiger partial charge in [0.15, 0.2) is 0 Å². The van der Waals surface area contributed by atoms with E-state index in [0.717, 1.165) is 32.1 Å². The molecule has 132 valence electrons. The van der Waals surface area contributed by atoms with Crippen molar-refractivity contribution in [1.82, 2.24) is 0 Å². The monoisotopic (exact) mass is 372 g/mol. The van der Waals surface area contributed by atoms with Gasteiger partial charge in [-0.05, 0) is 19.3 Å². The standard InChI is InChI=1S/C17H34O4S.K/c1-3-5-7-9-11-13-15-17(16-21-22(18,19)20)14-12-10-8-6-4-2;/h12,14,17H,3-11,13,15-16H2,1-2H3,(H,18,19,20);/q;+1/p-1/b14-12+;. The number of allylic oxidation sites excluding steroid dienone is 1. The average Bonchev–Trinajstić information content (AvgIpc) is 2.46. The minimum absolute atomic E-state index is 0. The van der Waals surface area contributed by atoms with Crippen LogP contribution in [-0.2, 0) is 14.6 Å². The van der Waals surface area contributed by atoms with Gasteiger partial charge in [-0.25, -0.2) is 8.42 Å². The summed E-state index contributed by atoms with van der Waals surface area (Å²) in [5.74, 6) is 0.0246. The molecule has 0 aromatic rings. The van der Waals surface area contributed by atoms with Crippen LogP contribution in [0.1, 0.15) is 84.5 Å². The second-order valence-electron chi connectivity index (χ2n) is 5.93. The molecule has 0 aromatic heterocycles. The summed E-state index contributed by atoms with van der Waals surface area (Å²) in [7, 11) is -4.58. The molecule has 1 unspecified atom stereocenters. The van der Waals surface area contributed by atoms with Crippen molar-refractivity contribution >= 4 is 10.4 Å². The molecule has 4 nitrogen and oxygen atoms in total. The first kappa shape index (κ1) is 26.5. The van der Waals surface area contributed by atoms with Crippen molar-refractivity contribution in [3.63, 3.8) is 0 Å². The Hall–Kier alpha value is 1.25. The Balaban J connectivity index is 0. The van der Waals surface area contributed by atoms with E-state index >= 15 is 0 Å². The fraction of sp³-hybridized carbons (Fsp3) is 0.882. The molecule has 1 atom stereocenters. The van der Waals surface area contributed by atoms with Gasteiger partial charge in [-0.15, -0.1) is 0 Å². The van der Waals surface area contributed by atoms with Crippen molar-refractivity contribution in [2.24, 2.45) is 5.92 Å². The fourth-order valence-electron chi connectivity index (χ4n) is 2.39. The predicted molar refractivity (Wildman–Crippen MR) is 90.4 cm³/mol. The van der Waals surface area contributed by atoms with Gasteiger partial charge in [0.05, 0.1) is 6.61 Å². The average molecular weight is 373 g/mol. The smallest absolute Gasteiger partial charge is 0.726 e. The van der Waals surface area contributed by atoms with E-state index in [-0.39, 0.29) is 63.9 Å². The third-order valence-electron chi connectivity index (χ3n) is 3.74. The first-order valence-corrected chi connectivity index (χ1v) is 10.1. The van der Waals surface area contributed by atoms with Gasteiger partial charge in [0, 0.05) is 5.92 Å². The summed E-state index contributed by atoms with van der Waals surface area (Å²) in [6.07, 6.45) is 16.8. The van der Waals surface area contributed by atoms with Crippen molar-refractivity contribution in [1.29, 1.82) is 0 Å². The van der Waals surface area contributed by atoms with Crippen LogP contribution in [0.2, 0.25) is 0 Å². The van der Waals surface area contributed by atoms with Crippen molar-refractivity contribution in [2.45, 2.75) is 84.5 Å². The maximum absolute atomic E-state index is 10.6. The normalized spacial score (nSPS) is 13.2. The Morgan fingerprint density at radius 2 is 1.52 bits per heavy atom. The number of rotatable bonds is 15. The van der Waals surface area contributed by atoms with E-state index in [2.05, 4.69) is 24.1 Å². The predicted octanol–water partition coefficient (Wildman–Crippen LogP) is 1.97. The van der Waals surface area contributed by atoms with Crippen molar-refractivity contribution < 1.29 is 68.5 Å². The molecule has 0 bridgehead atoms. The minimum Gasteiger partial charge on any atom is -0.726 e. The summed E-state index contributed by atoms with van der Waals surface area (Å²) in [6, 6.07) is 0. The van der Waals surface area contributed by atoms with Crippen LogP contribution >= 0.6 is 0 Å². The van der Waals surface area contributed by atoms with Gasteiger partial charge >= 0.3 is 51.4 Å². The van der Waals surface area contributed by atoms with E-state index in [0.29, 0.717) is 0 Å². The van der Waals surface area contributed by atoms with Crippen LogP contribution in [0.3, 0.4) is 0 Å². The number of hydrogen-bond acceptors (Lipinski definition) is 4. The van der Waals surface area contributed by atoms with Crippen LogP contribution in [0.25, 0.3) is 0 Å². The first-order valence-electron chi connectivity index (χ1n) is 8.76. The molecule has 0 saturated carbocycles. The van der Waals surface area contributed by atoms with E-state index < -0.39 is 10.4 Å². The molecule has 0 spiro atoms. The van der Waals surface area contributed by atoms with Crippen LogP contribution in [-0.4, -0.2) is 19.6 Å². The molecule has 0 aliphatic heterocycles. The van der Waals surface area contributed by atoms with E-state index in [4.69, 9.17) is 0 Å². The van der Waals surface area contributed by atoms with Crippen LogP contribution in [0, 0.1) is 5.92 Å². The van der Waals surface area contributed by atoms with E-state index in [9.17, 15) is 13.0 Å². The van der Waals surface area contributed by atoms with Gasteiger partial charge in [0.25, 0.3) is 0 Å². The van der Waals surface area contributed by atoms with E-state index in [1.54, 1.807) is 0 Å². The Labute approximate surface area is 186 Å². The summed E-state index contributed by atoms with van der Waals surface area (Å²) in [5.41, 5.74) is 0.